The van der Waals surface area contributed by atoms with Gasteiger partial charge in [-0.3, -0.25) is 4.79 Å². The van der Waals surface area contributed by atoms with Gasteiger partial charge in [0, 0.05) is 24.0 Å². The lowest BCUT2D eigenvalue weighted by atomic mass is 9.85. The van der Waals surface area contributed by atoms with Crippen molar-refractivity contribution in [3.8, 4) is 0 Å². The second-order valence-electron chi connectivity index (χ2n) is 6.50. The number of amides is 1. The minimum absolute atomic E-state index is 0.200. The maximum absolute atomic E-state index is 12.7. The maximum atomic E-state index is 12.7. The van der Waals surface area contributed by atoms with Crippen LogP contribution in [-0.2, 0) is 4.79 Å². The van der Waals surface area contributed by atoms with Gasteiger partial charge in [-0.1, -0.05) is 20.8 Å². The first kappa shape index (κ1) is 13.9. The standard InChI is InChI=1S/C15H28N2O/c1-4-15(2,3)14(18)17-11-6-5-9-13(17)12-8-7-10-16-12/h12-13,16H,4-11H2,1-3H3. The summed E-state index contributed by atoms with van der Waals surface area (Å²) in [6.45, 7) is 8.38. The van der Waals surface area contributed by atoms with Crippen molar-refractivity contribution in [1.29, 1.82) is 0 Å². The summed E-state index contributed by atoms with van der Waals surface area (Å²) >= 11 is 0. The van der Waals surface area contributed by atoms with Crippen LogP contribution >= 0.6 is 0 Å². The summed E-state index contributed by atoms with van der Waals surface area (Å²) in [5.41, 5.74) is -0.200. The van der Waals surface area contributed by atoms with Crippen LogP contribution in [0.5, 0.6) is 0 Å². The first-order chi connectivity index (χ1) is 8.56. The van der Waals surface area contributed by atoms with Crippen LogP contribution in [0.1, 0.15) is 59.3 Å². The summed E-state index contributed by atoms with van der Waals surface area (Å²) in [5, 5.41) is 3.59. The van der Waals surface area contributed by atoms with Gasteiger partial charge in [-0.25, -0.2) is 0 Å². The molecule has 2 heterocycles. The lowest BCUT2D eigenvalue weighted by Crippen LogP contribution is -2.55. The van der Waals surface area contributed by atoms with Gasteiger partial charge in [0.15, 0.2) is 0 Å². The molecule has 3 heteroatoms. The molecule has 2 aliphatic heterocycles. The van der Waals surface area contributed by atoms with Crippen molar-refractivity contribution in [2.45, 2.75) is 71.4 Å². The van der Waals surface area contributed by atoms with Crippen molar-refractivity contribution in [3.05, 3.63) is 0 Å². The van der Waals surface area contributed by atoms with Crippen LogP contribution in [0.4, 0.5) is 0 Å². The quantitative estimate of drug-likeness (QED) is 0.837. The number of nitrogens with zero attached hydrogens (tertiary/aromatic N) is 1. The average Bonchev–Trinajstić information content (AvgIpc) is 2.91. The van der Waals surface area contributed by atoms with Gasteiger partial charge in [-0.05, 0) is 45.1 Å². The molecule has 0 radical (unpaired) electrons. The molecule has 0 aliphatic carbocycles. The highest BCUT2D eigenvalue weighted by Crippen LogP contribution is 2.30. The molecule has 1 amide bonds. The summed E-state index contributed by atoms with van der Waals surface area (Å²) in [4.78, 5) is 14.9. The number of rotatable bonds is 3. The summed E-state index contributed by atoms with van der Waals surface area (Å²) in [5.74, 6) is 0.364. The van der Waals surface area contributed by atoms with Crippen molar-refractivity contribution in [2.24, 2.45) is 5.41 Å². The zero-order chi connectivity index (χ0) is 13.2. The van der Waals surface area contributed by atoms with E-state index in [-0.39, 0.29) is 5.41 Å². The summed E-state index contributed by atoms with van der Waals surface area (Å²) in [6.07, 6.45) is 7.06. The lowest BCUT2D eigenvalue weighted by Gasteiger charge is -2.42. The molecule has 18 heavy (non-hydrogen) atoms. The molecule has 104 valence electrons. The number of nitrogens with one attached hydrogen (secondary N) is 1. The first-order valence-electron chi connectivity index (χ1n) is 7.60. The van der Waals surface area contributed by atoms with E-state index in [1.54, 1.807) is 0 Å². The van der Waals surface area contributed by atoms with Gasteiger partial charge >= 0.3 is 0 Å². The number of carbonyl (C=O) groups is 1. The van der Waals surface area contributed by atoms with Crippen LogP contribution in [0.15, 0.2) is 0 Å². The van der Waals surface area contributed by atoms with E-state index in [2.05, 4.69) is 31.0 Å². The minimum atomic E-state index is -0.200. The Balaban J connectivity index is 2.09. The van der Waals surface area contributed by atoms with Gasteiger partial charge in [0.05, 0.1) is 0 Å². The molecule has 0 aromatic carbocycles. The number of piperidine rings is 1. The molecular weight excluding hydrogens is 224 g/mol. The fourth-order valence-corrected chi connectivity index (χ4v) is 3.21. The van der Waals surface area contributed by atoms with Gasteiger partial charge in [0.25, 0.3) is 0 Å². The Bertz CT molecular complexity index is 295. The molecule has 0 saturated carbocycles. The number of likely N-dealkylation sites (tertiary alicyclic amines) is 1. The zero-order valence-electron chi connectivity index (χ0n) is 12.2. The number of carbonyl (C=O) groups excluding carboxylic acids is 1. The van der Waals surface area contributed by atoms with Crippen LogP contribution < -0.4 is 5.32 Å². The predicted octanol–water partition coefficient (Wildman–Crippen LogP) is 2.56. The predicted molar refractivity (Wildman–Crippen MR) is 74.4 cm³/mol. The smallest absolute Gasteiger partial charge is 0.228 e. The van der Waals surface area contributed by atoms with Crippen LogP contribution in [0.25, 0.3) is 0 Å². The van der Waals surface area contributed by atoms with E-state index in [0.717, 1.165) is 19.5 Å². The van der Waals surface area contributed by atoms with E-state index in [9.17, 15) is 4.79 Å². The molecule has 0 aromatic rings. The minimum Gasteiger partial charge on any atom is -0.338 e. The van der Waals surface area contributed by atoms with E-state index in [1.807, 2.05) is 0 Å². The Morgan fingerprint density at radius 1 is 1.28 bits per heavy atom. The van der Waals surface area contributed by atoms with Gasteiger partial charge in [-0.2, -0.15) is 0 Å². The molecule has 0 spiro atoms. The monoisotopic (exact) mass is 252 g/mol. The topological polar surface area (TPSA) is 32.3 Å². The maximum Gasteiger partial charge on any atom is 0.228 e. The van der Waals surface area contributed by atoms with Crippen molar-refractivity contribution in [1.82, 2.24) is 10.2 Å². The van der Waals surface area contributed by atoms with Crippen molar-refractivity contribution in [3.63, 3.8) is 0 Å². The molecule has 2 fully saturated rings. The fraction of sp³-hybridized carbons (Fsp3) is 0.933. The van der Waals surface area contributed by atoms with Gasteiger partial charge in [0.2, 0.25) is 5.91 Å². The molecule has 0 bridgehead atoms. The van der Waals surface area contributed by atoms with Crippen LogP contribution in [0, 0.1) is 5.41 Å². The summed E-state index contributed by atoms with van der Waals surface area (Å²) in [6, 6.07) is 0.987. The molecule has 2 rings (SSSR count). The van der Waals surface area contributed by atoms with Crippen LogP contribution in [0.3, 0.4) is 0 Å². The fourth-order valence-electron chi connectivity index (χ4n) is 3.21. The van der Waals surface area contributed by atoms with E-state index < -0.39 is 0 Å². The molecule has 2 saturated heterocycles. The largest absolute Gasteiger partial charge is 0.338 e. The highest BCUT2D eigenvalue weighted by atomic mass is 16.2. The summed E-state index contributed by atoms with van der Waals surface area (Å²) < 4.78 is 0. The molecule has 2 aliphatic rings. The highest BCUT2D eigenvalue weighted by Gasteiger charge is 2.39. The van der Waals surface area contributed by atoms with Gasteiger partial charge in [0.1, 0.15) is 0 Å². The Labute approximate surface area is 111 Å². The second kappa shape index (κ2) is 5.60. The Kier molecular flexibility index (Phi) is 4.31. The third-order valence-corrected chi connectivity index (χ3v) is 4.84. The summed E-state index contributed by atoms with van der Waals surface area (Å²) in [7, 11) is 0. The second-order valence-corrected chi connectivity index (χ2v) is 6.50. The van der Waals surface area contributed by atoms with Gasteiger partial charge in [-0.15, -0.1) is 0 Å². The Hall–Kier alpha value is -0.570. The third-order valence-electron chi connectivity index (χ3n) is 4.84. The van der Waals surface area contributed by atoms with E-state index >= 15 is 0 Å². The molecular formula is C15H28N2O. The SMILES string of the molecule is CCC(C)(C)C(=O)N1CCCCC1C1CCCN1. The van der Waals surface area contributed by atoms with Gasteiger partial charge < -0.3 is 10.2 Å². The average molecular weight is 252 g/mol. The normalized spacial score (nSPS) is 29.6. The Morgan fingerprint density at radius 3 is 2.67 bits per heavy atom. The van der Waals surface area contributed by atoms with Crippen molar-refractivity contribution in [2.75, 3.05) is 13.1 Å². The molecule has 2 unspecified atom stereocenters. The number of hydrogen-bond acceptors (Lipinski definition) is 2. The highest BCUT2D eigenvalue weighted by molar-refractivity contribution is 5.82. The lowest BCUT2D eigenvalue weighted by molar-refractivity contribution is -0.145. The molecule has 2 atom stereocenters. The van der Waals surface area contributed by atoms with E-state index in [0.29, 0.717) is 18.0 Å². The molecule has 0 aromatic heterocycles. The first-order valence-corrected chi connectivity index (χ1v) is 7.60. The molecule has 3 nitrogen and oxygen atoms in total. The zero-order valence-corrected chi connectivity index (χ0v) is 12.2. The van der Waals surface area contributed by atoms with Crippen LogP contribution in [-0.4, -0.2) is 36.0 Å². The van der Waals surface area contributed by atoms with Crippen LogP contribution in [0.2, 0.25) is 0 Å². The Morgan fingerprint density at radius 2 is 2.06 bits per heavy atom. The van der Waals surface area contributed by atoms with Crippen molar-refractivity contribution >= 4 is 5.91 Å². The molecule has 1 N–H and O–H groups in total. The van der Waals surface area contributed by atoms with E-state index in [1.165, 1.54) is 32.1 Å². The third kappa shape index (κ3) is 2.71. The van der Waals surface area contributed by atoms with Crippen molar-refractivity contribution < 1.29 is 4.79 Å². The number of hydrogen-bond donors (Lipinski definition) is 1. The van der Waals surface area contributed by atoms with E-state index in [4.69, 9.17) is 0 Å².